The molecule has 0 bridgehead atoms. The molecule has 1 aromatic heterocycles. The molecular weight excluding hydrogens is 310 g/mol. The van der Waals surface area contributed by atoms with Crippen molar-refractivity contribution in [1.82, 2.24) is 25.1 Å². The normalized spacial score (nSPS) is 17.8. The minimum atomic E-state index is 0.560. The van der Waals surface area contributed by atoms with Crippen molar-refractivity contribution in [3.63, 3.8) is 0 Å². The fourth-order valence-corrected chi connectivity index (χ4v) is 3.60. The topological polar surface area (TPSA) is 46.8 Å². The van der Waals surface area contributed by atoms with E-state index in [-0.39, 0.29) is 0 Å². The van der Waals surface area contributed by atoms with Crippen molar-refractivity contribution >= 4 is 0 Å². The van der Waals surface area contributed by atoms with Crippen LogP contribution >= 0.6 is 0 Å². The molecule has 0 saturated carbocycles. The third-order valence-corrected chi connectivity index (χ3v) is 4.84. The molecule has 0 N–H and O–H groups in total. The van der Waals surface area contributed by atoms with E-state index in [4.69, 9.17) is 0 Å². The largest absolute Gasteiger partial charge is 0.296 e. The minimum Gasteiger partial charge on any atom is -0.296 e. The molecule has 2 heterocycles. The number of hydrogen-bond donors (Lipinski definition) is 0. The first kappa shape index (κ1) is 16.0. The van der Waals surface area contributed by atoms with Crippen molar-refractivity contribution in [1.29, 1.82) is 0 Å². The van der Waals surface area contributed by atoms with E-state index < -0.39 is 0 Å². The van der Waals surface area contributed by atoms with Crippen molar-refractivity contribution in [2.45, 2.75) is 31.8 Å². The molecule has 2 aromatic carbocycles. The molecule has 1 fully saturated rings. The van der Waals surface area contributed by atoms with Crippen molar-refractivity contribution in [2.24, 2.45) is 0 Å². The SMILES string of the molecule is c1ccc(-c2nnn(CCCN3CCCC3c3ccccc3)n2)cc1. The van der Waals surface area contributed by atoms with Crippen LogP contribution in [0.4, 0.5) is 0 Å². The Hall–Kier alpha value is -2.53. The van der Waals surface area contributed by atoms with Crippen LogP contribution in [0.15, 0.2) is 60.7 Å². The van der Waals surface area contributed by atoms with Crippen molar-refractivity contribution in [2.75, 3.05) is 13.1 Å². The van der Waals surface area contributed by atoms with Crippen LogP contribution in [-0.4, -0.2) is 38.2 Å². The number of aryl methyl sites for hydroxylation is 1. The Bertz CT molecular complexity index is 784. The third-order valence-electron chi connectivity index (χ3n) is 4.84. The molecule has 4 rings (SSSR count). The standard InChI is InChI=1S/C20H23N5/c1-3-9-17(10-4-1)19-13-7-14-24(19)15-8-16-25-22-20(21-23-25)18-11-5-2-6-12-18/h1-6,9-12,19H,7-8,13-16H2. The van der Waals surface area contributed by atoms with Crippen LogP contribution in [0.5, 0.6) is 0 Å². The van der Waals surface area contributed by atoms with Gasteiger partial charge in [0.1, 0.15) is 0 Å². The van der Waals surface area contributed by atoms with E-state index in [1.54, 1.807) is 4.80 Å². The zero-order valence-corrected chi connectivity index (χ0v) is 14.3. The maximum absolute atomic E-state index is 4.50. The van der Waals surface area contributed by atoms with E-state index >= 15 is 0 Å². The lowest BCUT2D eigenvalue weighted by Crippen LogP contribution is -2.25. The monoisotopic (exact) mass is 333 g/mol. The van der Waals surface area contributed by atoms with E-state index in [1.807, 2.05) is 30.3 Å². The number of likely N-dealkylation sites (tertiary alicyclic amines) is 1. The van der Waals surface area contributed by atoms with Gasteiger partial charge in [-0.3, -0.25) is 4.90 Å². The highest BCUT2D eigenvalue weighted by Gasteiger charge is 2.25. The molecule has 5 nitrogen and oxygen atoms in total. The summed E-state index contributed by atoms with van der Waals surface area (Å²) in [6.07, 6.45) is 3.57. The van der Waals surface area contributed by atoms with Gasteiger partial charge in [0.05, 0.1) is 6.54 Å². The van der Waals surface area contributed by atoms with Crippen molar-refractivity contribution in [3.05, 3.63) is 66.2 Å². The minimum absolute atomic E-state index is 0.560. The molecule has 0 spiro atoms. The Labute approximate surface area is 148 Å². The lowest BCUT2D eigenvalue weighted by atomic mass is 10.0. The fourth-order valence-electron chi connectivity index (χ4n) is 3.60. The highest BCUT2D eigenvalue weighted by Crippen LogP contribution is 2.31. The van der Waals surface area contributed by atoms with Crippen molar-refractivity contribution in [3.8, 4) is 11.4 Å². The van der Waals surface area contributed by atoms with E-state index in [2.05, 4.69) is 50.6 Å². The van der Waals surface area contributed by atoms with Crippen LogP contribution < -0.4 is 0 Å². The number of benzene rings is 2. The second-order valence-corrected chi connectivity index (χ2v) is 6.53. The zero-order chi connectivity index (χ0) is 16.9. The molecule has 128 valence electrons. The molecule has 1 atom stereocenters. The van der Waals surface area contributed by atoms with Gasteiger partial charge < -0.3 is 0 Å². The summed E-state index contributed by atoms with van der Waals surface area (Å²) in [5.74, 6) is 0.698. The Morgan fingerprint density at radius 3 is 2.48 bits per heavy atom. The fraction of sp³-hybridized carbons (Fsp3) is 0.350. The van der Waals surface area contributed by atoms with Gasteiger partial charge in [-0.25, -0.2) is 0 Å². The van der Waals surface area contributed by atoms with Crippen LogP contribution in [0.2, 0.25) is 0 Å². The van der Waals surface area contributed by atoms with E-state index in [0.29, 0.717) is 11.9 Å². The quantitative estimate of drug-likeness (QED) is 0.692. The van der Waals surface area contributed by atoms with E-state index in [1.165, 1.54) is 24.9 Å². The van der Waals surface area contributed by atoms with Gasteiger partial charge >= 0.3 is 0 Å². The molecule has 0 radical (unpaired) electrons. The summed E-state index contributed by atoms with van der Waals surface area (Å²) in [5, 5.41) is 12.9. The van der Waals surface area contributed by atoms with Gasteiger partial charge in [-0.2, -0.15) is 4.80 Å². The van der Waals surface area contributed by atoms with Gasteiger partial charge in [-0.05, 0) is 36.6 Å². The predicted molar refractivity (Wildman–Crippen MR) is 97.9 cm³/mol. The summed E-state index contributed by atoms with van der Waals surface area (Å²) in [6, 6.07) is 21.4. The van der Waals surface area contributed by atoms with Crippen molar-refractivity contribution < 1.29 is 0 Å². The Balaban J connectivity index is 1.33. The van der Waals surface area contributed by atoms with Gasteiger partial charge in [0.15, 0.2) is 0 Å². The molecule has 0 amide bonds. The number of aromatic nitrogens is 4. The molecular formula is C20H23N5. The summed E-state index contributed by atoms with van der Waals surface area (Å²) in [6.45, 7) is 3.05. The summed E-state index contributed by atoms with van der Waals surface area (Å²) in [5.41, 5.74) is 2.45. The second kappa shape index (κ2) is 7.57. The number of rotatable bonds is 6. The first-order valence-electron chi connectivity index (χ1n) is 9.02. The highest BCUT2D eigenvalue weighted by molar-refractivity contribution is 5.52. The molecule has 5 heteroatoms. The number of tetrazole rings is 1. The van der Waals surface area contributed by atoms with Gasteiger partial charge in [0.2, 0.25) is 5.82 Å². The molecule has 0 aliphatic carbocycles. The average molecular weight is 333 g/mol. The summed E-state index contributed by atoms with van der Waals surface area (Å²) in [7, 11) is 0. The Morgan fingerprint density at radius 1 is 0.920 bits per heavy atom. The Morgan fingerprint density at radius 2 is 1.68 bits per heavy atom. The van der Waals surface area contributed by atoms with Crippen LogP contribution in [-0.2, 0) is 6.54 Å². The summed E-state index contributed by atoms with van der Waals surface area (Å²) in [4.78, 5) is 4.31. The van der Waals surface area contributed by atoms with Gasteiger partial charge in [-0.15, -0.1) is 10.2 Å². The van der Waals surface area contributed by atoms with Gasteiger partial charge in [-0.1, -0.05) is 60.7 Å². The molecule has 1 aliphatic heterocycles. The van der Waals surface area contributed by atoms with Crippen LogP contribution in [0.25, 0.3) is 11.4 Å². The predicted octanol–water partition coefficient (Wildman–Crippen LogP) is 3.57. The first-order chi connectivity index (χ1) is 12.4. The van der Waals surface area contributed by atoms with Crippen LogP contribution in [0, 0.1) is 0 Å². The van der Waals surface area contributed by atoms with Gasteiger partial charge in [0.25, 0.3) is 0 Å². The maximum atomic E-state index is 4.50. The maximum Gasteiger partial charge on any atom is 0.204 e. The summed E-state index contributed by atoms with van der Waals surface area (Å²) < 4.78 is 0. The molecule has 1 unspecified atom stereocenters. The molecule has 3 aromatic rings. The Kier molecular flexibility index (Phi) is 4.84. The second-order valence-electron chi connectivity index (χ2n) is 6.53. The molecule has 1 aliphatic rings. The van der Waals surface area contributed by atoms with E-state index in [0.717, 1.165) is 25.1 Å². The van der Waals surface area contributed by atoms with E-state index in [9.17, 15) is 0 Å². The molecule has 25 heavy (non-hydrogen) atoms. The van der Waals surface area contributed by atoms with Crippen LogP contribution in [0.3, 0.4) is 0 Å². The van der Waals surface area contributed by atoms with Gasteiger partial charge in [0, 0.05) is 18.2 Å². The third kappa shape index (κ3) is 3.77. The summed E-state index contributed by atoms with van der Waals surface area (Å²) >= 11 is 0. The highest BCUT2D eigenvalue weighted by atomic mass is 15.6. The average Bonchev–Trinajstić information content (AvgIpc) is 3.33. The molecule has 1 saturated heterocycles. The van der Waals surface area contributed by atoms with Crippen LogP contribution in [0.1, 0.15) is 30.9 Å². The lowest BCUT2D eigenvalue weighted by Gasteiger charge is -2.24. The lowest BCUT2D eigenvalue weighted by molar-refractivity contribution is 0.245. The number of hydrogen-bond acceptors (Lipinski definition) is 4. The first-order valence-corrected chi connectivity index (χ1v) is 9.02. The zero-order valence-electron chi connectivity index (χ0n) is 14.3. The smallest absolute Gasteiger partial charge is 0.204 e. The number of nitrogens with zero attached hydrogens (tertiary/aromatic N) is 5.